The van der Waals surface area contributed by atoms with Crippen LogP contribution >= 0.6 is 0 Å². The molecule has 0 aromatic carbocycles. The van der Waals surface area contributed by atoms with E-state index in [1.54, 1.807) is 0 Å². The average Bonchev–Trinajstić information content (AvgIpc) is 2.67. The summed E-state index contributed by atoms with van der Waals surface area (Å²) in [5.74, 6) is 1.78. The van der Waals surface area contributed by atoms with Gasteiger partial charge in [-0.1, -0.05) is 89.9 Å². The lowest BCUT2D eigenvalue weighted by Crippen LogP contribution is -2.40. The summed E-state index contributed by atoms with van der Waals surface area (Å²) in [6, 6.07) is 0. The fourth-order valence-electron chi connectivity index (χ4n) is 5.80. The van der Waals surface area contributed by atoms with Crippen LogP contribution in [0.3, 0.4) is 0 Å². The third-order valence-electron chi connectivity index (χ3n) is 7.16. The number of hydrogen-bond acceptors (Lipinski definition) is 2. The van der Waals surface area contributed by atoms with Crippen LogP contribution in [0.1, 0.15) is 109 Å². The molecule has 0 heterocycles. The summed E-state index contributed by atoms with van der Waals surface area (Å²) in [4.78, 5) is 23.2. The Hall–Kier alpha value is -1.06. The van der Waals surface area contributed by atoms with Crippen molar-refractivity contribution in [3.05, 3.63) is 0 Å². The van der Waals surface area contributed by atoms with Crippen LogP contribution in [0.5, 0.6) is 0 Å². The zero-order valence-corrected chi connectivity index (χ0v) is 17.3. The number of rotatable bonds is 12. The molecule has 27 heavy (non-hydrogen) atoms. The number of nitrogens with two attached hydrogens (primary N) is 2. The minimum atomic E-state index is -0.202. The molecule has 4 nitrogen and oxygen atoms in total. The number of hydrogen-bond donors (Lipinski definition) is 2. The highest BCUT2D eigenvalue weighted by atomic mass is 16.1. The molecule has 2 saturated carbocycles. The van der Waals surface area contributed by atoms with Gasteiger partial charge in [0, 0.05) is 12.3 Å². The number of amides is 2. The summed E-state index contributed by atoms with van der Waals surface area (Å²) >= 11 is 0. The van der Waals surface area contributed by atoms with E-state index in [1.807, 2.05) is 0 Å². The predicted molar refractivity (Wildman–Crippen MR) is 111 cm³/mol. The topological polar surface area (TPSA) is 86.2 Å². The minimum absolute atomic E-state index is 0.0510. The van der Waals surface area contributed by atoms with E-state index in [2.05, 4.69) is 0 Å². The van der Waals surface area contributed by atoms with Crippen molar-refractivity contribution in [2.24, 2.45) is 35.1 Å². The van der Waals surface area contributed by atoms with Gasteiger partial charge >= 0.3 is 0 Å². The van der Waals surface area contributed by atoms with Crippen molar-refractivity contribution >= 4 is 11.8 Å². The molecule has 4 N–H and O–H groups in total. The summed E-state index contributed by atoms with van der Waals surface area (Å²) < 4.78 is 0. The van der Waals surface area contributed by atoms with Gasteiger partial charge in [0.25, 0.3) is 0 Å². The van der Waals surface area contributed by atoms with Gasteiger partial charge in [0.1, 0.15) is 0 Å². The zero-order valence-electron chi connectivity index (χ0n) is 17.3. The van der Waals surface area contributed by atoms with Crippen LogP contribution in [-0.4, -0.2) is 11.8 Å². The molecule has 0 aromatic heterocycles. The second-order valence-corrected chi connectivity index (χ2v) is 9.16. The van der Waals surface area contributed by atoms with Gasteiger partial charge < -0.3 is 11.5 Å². The van der Waals surface area contributed by atoms with E-state index in [1.165, 1.54) is 64.2 Å². The lowest BCUT2D eigenvalue weighted by Gasteiger charge is -2.41. The quantitative estimate of drug-likeness (QED) is 0.464. The molecule has 1 unspecified atom stereocenters. The highest BCUT2D eigenvalue weighted by molar-refractivity contribution is 5.77. The summed E-state index contributed by atoms with van der Waals surface area (Å²) in [6.45, 7) is 0. The molecule has 2 fully saturated rings. The van der Waals surface area contributed by atoms with Gasteiger partial charge in [0.2, 0.25) is 11.8 Å². The Bertz CT molecular complexity index is 422. The smallest absolute Gasteiger partial charge is 0.220 e. The van der Waals surface area contributed by atoms with Crippen molar-refractivity contribution in [3.8, 4) is 0 Å². The second-order valence-electron chi connectivity index (χ2n) is 9.16. The molecule has 4 heteroatoms. The Morgan fingerprint density at radius 1 is 0.704 bits per heavy atom. The first-order chi connectivity index (χ1) is 13.1. The first-order valence-electron chi connectivity index (χ1n) is 11.7. The Morgan fingerprint density at radius 3 is 1.67 bits per heavy atom. The van der Waals surface area contributed by atoms with E-state index in [9.17, 15) is 9.59 Å². The average molecular weight is 379 g/mol. The third-order valence-corrected chi connectivity index (χ3v) is 7.16. The van der Waals surface area contributed by atoms with E-state index >= 15 is 0 Å². The molecule has 2 rings (SSSR count). The van der Waals surface area contributed by atoms with Gasteiger partial charge in [0.05, 0.1) is 0 Å². The van der Waals surface area contributed by atoms with Crippen LogP contribution in [0.2, 0.25) is 0 Å². The number of unbranched alkanes of at least 4 members (excludes halogenated alkanes) is 4. The van der Waals surface area contributed by atoms with Crippen LogP contribution in [0.4, 0.5) is 0 Å². The van der Waals surface area contributed by atoms with Crippen LogP contribution in [0.15, 0.2) is 0 Å². The Labute approximate surface area is 166 Å². The summed E-state index contributed by atoms with van der Waals surface area (Å²) in [5.41, 5.74) is 11.1. The van der Waals surface area contributed by atoms with Gasteiger partial charge in [-0.05, 0) is 30.6 Å². The predicted octanol–water partition coefficient (Wildman–Crippen LogP) is 5.08. The zero-order chi connectivity index (χ0) is 19.5. The molecule has 0 radical (unpaired) electrons. The lowest BCUT2D eigenvalue weighted by atomic mass is 9.63. The number of primary amides is 2. The van der Waals surface area contributed by atoms with Crippen molar-refractivity contribution in [1.29, 1.82) is 0 Å². The van der Waals surface area contributed by atoms with Crippen molar-refractivity contribution in [2.45, 2.75) is 109 Å². The van der Waals surface area contributed by atoms with Crippen molar-refractivity contribution in [2.75, 3.05) is 0 Å². The van der Waals surface area contributed by atoms with E-state index in [0.29, 0.717) is 12.3 Å². The van der Waals surface area contributed by atoms with Crippen molar-refractivity contribution in [1.82, 2.24) is 0 Å². The van der Waals surface area contributed by atoms with Gasteiger partial charge in [-0.25, -0.2) is 0 Å². The number of carbonyl (C=O) groups is 2. The molecule has 0 aliphatic heterocycles. The van der Waals surface area contributed by atoms with Crippen molar-refractivity contribution < 1.29 is 9.59 Å². The Morgan fingerprint density at radius 2 is 1.19 bits per heavy atom. The number of carbonyl (C=O) groups excluding carboxylic acids is 2. The minimum Gasteiger partial charge on any atom is -0.370 e. The van der Waals surface area contributed by atoms with E-state index in [-0.39, 0.29) is 17.7 Å². The standard InChI is InChI=1S/C23H42N2O2/c24-21(26)17-11-3-1-2-10-16-20(23(25)27)22(18-12-6-4-7-13-18)19-14-8-5-9-15-19/h18-20,22H,1-17H2,(H2,24,26)(H2,25,27). The Balaban J connectivity index is 1.88. The lowest BCUT2D eigenvalue weighted by molar-refractivity contribution is -0.126. The van der Waals surface area contributed by atoms with Crippen LogP contribution in [0.25, 0.3) is 0 Å². The first-order valence-corrected chi connectivity index (χ1v) is 11.7. The van der Waals surface area contributed by atoms with E-state index < -0.39 is 0 Å². The maximum atomic E-state index is 12.4. The highest BCUT2D eigenvalue weighted by Crippen LogP contribution is 2.44. The van der Waals surface area contributed by atoms with Crippen molar-refractivity contribution in [3.63, 3.8) is 0 Å². The maximum Gasteiger partial charge on any atom is 0.220 e. The normalized spacial score (nSPS) is 20.6. The Kier molecular flexibility index (Phi) is 10.2. The molecule has 2 amide bonds. The van der Waals surface area contributed by atoms with Crippen LogP contribution in [0, 0.1) is 23.7 Å². The maximum absolute atomic E-state index is 12.4. The molecule has 0 spiro atoms. The molecule has 0 bridgehead atoms. The van der Waals surface area contributed by atoms with E-state index in [4.69, 9.17) is 11.5 Å². The van der Waals surface area contributed by atoms with E-state index in [0.717, 1.165) is 50.4 Å². The molecule has 2 aliphatic carbocycles. The summed E-state index contributed by atoms with van der Waals surface area (Å²) in [6.07, 6.45) is 20.0. The largest absolute Gasteiger partial charge is 0.370 e. The highest BCUT2D eigenvalue weighted by Gasteiger charge is 2.38. The van der Waals surface area contributed by atoms with Gasteiger partial charge in [-0.3, -0.25) is 9.59 Å². The monoisotopic (exact) mass is 378 g/mol. The van der Waals surface area contributed by atoms with Gasteiger partial charge in [-0.2, -0.15) is 0 Å². The molecule has 0 aromatic rings. The SMILES string of the molecule is NC(=O)CCCCCCCC(C(N)=O)C(C1CCCCC1)C1CCCCC1. The van der Waals surface area contributed by atoms with Crippen LogP contribution in [-0.2, 0) is 9.59 Å². The molecule has 156 valence electrons. The molecular weight excluding hydrogens is 336 g/mol. The fraction of sp³-hybridized carbons (Fsp3) is 0.913. The second kappa shape index (κ2) is 12.4. The molecular formula is C23H42N2O2. The fourth-order valence-corrected chi connectivity index (χ4v) is 5.80. The first kappa shape index (κ1) is 22.2. The third kappa shape index (κ3) is 7.83. The summed E-state index contributed by atoms with van der Waals surface area (Å²) in [7, 11) is 0. The summed E-state index contributed by atoms with van der Waals surface area (Å²) in [5, 5.41) is 0. The van der Waals surface area contributed by atoms with Crippen LogP contribution < -0.4 is 11.5 Å². The molecule has 2 aliphatic rings. The van der Waals surface area contributed by atoms with Gasteiger partial charge in [-0.15, -0.1) is 0 Å². The van der Waals surface area contributed by atoms with Gasteiger partial charge in [0.15, 0.2) is 0 Å². The molecule has 1 atom stereocenters. The molecule has 0 saturated heterocycles.